The third-order valence-corrected chi connectivity index (χ3v) is 5.43. The molecule has 0 aliphatic heterocycles. The van der Waals surface area contributed by atoms with Gasteiger partial charge in [0.05, 0.1) is 51.4 Å². The number of fused-ring (bicyclic) bond motifs is 2. The fourth-order valence-electron chi connectivity index (χ4n) is 3.15. The summed E-state index contributed by atoms with van der Waals surface area (Å²) in [5, 5.41) is 10.3. The lowest BCUT2D eigenvalue weighted by atomic mass is 10.1. The molecule has 0 spiro atoms. The molecule has 0 aliphatic carbocycles. The van der Waals surface area contributed by atoms with E-state index in [1.54, 1.807) is 19.4 Å². The molecule has 0 aliphatic rings. The van der Waals surface area contributed by atoms with Gasteiger partial charge in [0.2, 0.25) is 0 Å². The molecule has 0 amide bonds. The molecule has 146 valence electrons. The van der Waals surface area contributed by atoms with Gasteiger partial charge >= 0.3 is 0 Å². The van der Waals surface area contributed by atoms with Crippen LogP contribution < -0.4 is 10.5 Å². The highest BCUT2D eigenvalue weighted by Crippen LogP contribution is 2.37. The van der Waals surface area contributed by atoms with Crippen LogP contribution in [0.3, 0.4) is 0 Å². The second-order valence-corrected chi connectivity index (χ2v) is 7.57. The van der Waals surface area contributed by atoms with Gasteiger partial charge in [-0.1, -0.05) is 0 Å². The molecule has 0 atom stereocenters. The van der Waals surface area contributed by atoms with Crippen LogP contribution in [0.1, 0.15) is 16.8 Å². The van der Waals surface area contributed by atoms with Gasteiger partial charge in [-0.05, 0) is 36.8 Å². The maximum Gasteiger partial charge on any atom is 0.126 e. The summed E-state index contributed by atoms with van der Waals surface area (Å²) in [4.78, 5) is 14.0. The van der Waals surface area contributed by atoms with Crippen molar-refractivity contribution in [2.45, 2.75) is 13.5 Å². The van der Waals surface area contributed by atoms with E-state index in [-0.39, 0.29) is 0 Å². The van der Waals surface area contributed by atoms with Gasteiger partial charge < -0.3 is 15.2 Å². The number of nitrogens with two attached hydrogens (primary N) is 1. The number of rotatable bonds is 6. The van der Waals surface area contributed by atoms with Crippen LogP contribution >= 0.6 is 11.3 Å². The van der Waals surface area contributed by atoms with E-state index in [1.165, 1.54) is 11.3 Å². The molecule has 2 aromatic carbocycles. The number of hydrogen-bond donors (Lipinski definition) is 1. The Labute approximate surface area is 171 Å². The molecule has 0 saturated heterocycles. The molecule has 4 rings (SSSR count). The molecule has 0 saturated carbocycles. The summed E-state index contributed by atoms with van der Waals surface area (Å²) >= 11 is 1.54. The van der Waals surface area contributed by atoms with Crippen molar-refractivity contribution in [2.24, 2.45) is 5.73 Å². The molecule has 0 unspecified atom stereocenters. The van der Waals surface area contributed by atoms with Crippen molar-refractivity contribution in [2.75, 3.05) is 20.3 Å². The normalized spacial score (nSPS) is 11.1. The van der Waals surface area contributed by atoms with Crippen molar-refractivity contribution < 1.29 is 9.47 Å². The monoisotopic (exact) mass is 405 g/mol. The Balaban J connectivity index is 1.88. The lowest BCUT2D eigenvalue weighted by Crippen LogP contribution is -2.10. The van der Waals surface area contributed by atoms with Crippen molar-refractivity contribution >= 4 is 32.6 Å². The summed E-state index contributed by atoms with van der Waals surface area (Å²) in [6.07, 6.45) is 1.69. The molecule has 4 aromatic rings. The van der Waals surface area contributed by atoms with Gasteiger partial charge in [-0.2, -0.15) is 5.26 Å². The predicted molar refractivity (Wildman–Crippen MR) is 113 cm³/mol. The third kappa shape index (κ3) is 3.76. The molecule has 2 heterocycles. The number of ether oxygens (including phenoxy) is 2. The number of aromatic nitrogens is 3. The molecule has 0 bridgehead atoms. The van der Waals surface area contributed by atoms with Crippen molar-refractivity contribution in [3.05, 3.63) is 47.3 Å². The Morgan fingerprint density at radius 2 is 2.03 bits per heavy atom. The third-order valence-electron chi connectivity index (χ3n) is 4.39. The van der Waals surface area contributed by atoms with Crippen molar-refractivity contribution in [3.63, 3.8) is 0 Å². The van der Waals surface area contributed by atoms with E-state index in [9.17, 15) is 5.26 Å². The second kappa shape index (κ2) is 8.09. The number of hydrogen-bond acceptors (Lipinski definition) is 8. The van der Waals surface area contributed by atoms with Crippen LogP contribution in [0.4, 0.5) is 0 Å². The second-order valence-electron chi connectivity index (χ2n) is 6.54. The molecule has 0 fully saturated rings. The number of nitrogens with zero attached hydrogens (tertiary/aromatic N) is 4. The largest absolute Gasteiger partial charge is 0.492 e. The molecule has 29 heavy (non-hydrogen) atoms. The summed E-state index contributed by atoms with van der Waals surface area (Å²) in [6, 6.07) is 9.68. The van der Waals surface area contributed by atoms with Crippen LogP contribution in [-0.4, -0.2) is 35.2 Å². The quantitative estimate of drug-likeness (QED) is 0.522. The van der Waals surface area contributed by atoms with Crippen LogP contribution in [0.15, 0.2) is 30.5 Å². The number of thiazole rings is 1. The average molecular weight is 405 g/mol. The minimum Gasteiger partial charge on any atom is -0.492 e. The van der Waals surface area contributed by atoms with E-state index >= 15 is 0 Å². The Morgan fingerprint density at radius 1 is 1.17 bits per heavy atom. The van der Waals surface area contributed by atoms with E-state index in [2.05, 4.69) is 16.0 Å². The molecule has 7 nitrogen and oxygen atoms in total. The minimum atomic E-state index is 0.362. The van der Waals surface area contributed by atoms with E-state index in [0.29, 0.717) is 42.0 Å². The van der Waals surface area contributed by atoms with E-state index in [4.69, 9.17) is 20.2 Å². The first-order valence-corrected chi connectivity index (χ1v) is 9.87. The number of methoxy groups -OCH3 is 1. The maximum absolute atomic E-state index is 9.48. The minimum absolute atomic E-state index is 0.362. The van der Waals surface area contributed by atoms with Crippen LogP contribution in [0.25, 0.3) is 31.8 Å². The Morgan fingerprint density at radius 3 is 2.79 bits per heavy atom. The maximum atomic E-state index is 9.48. The van der Waals surface area contributed by atoms with Gasteiger partial charge in [0.1, 0.15) is 17.4 Å². The van der Waals surface area contributed by atoms with Crippen LogP contribution in [0, 0.1) is 18.3 Å². The summed E-state index contributed by atoms with van der Waals surface area (Å²) in [5.41, 5.74) is 10.8. The van der Waals surface area contributed by atoms with Crippen LogP contribution in [0.2, 0.25) is 0 Å². The summed E-state index contributed by atoms with van der Waals surface area (Å²) < 4.78 is 11.8. The Kier molecular flexibility index (Phi) is 5.36. The van der Waals surface area contributed by atoms with Crippen molar-refractivity contribution in [1.29, 1.82) is 5.26 Å². The summed E-state index contributed by atoms with van der Waals surface area (Å²) in [6.45, 7) is 3.29. The zero-order valence-electron chi connectivity index (χ0n) is 16.1. The van der Waals surface area contributed by atoms with Gasteiger partial charge in [-0.15, -0.1) is 11.3 Å². The van der Waals surface area contributed by atoms with Crippen molar-refractivity contribution in [1.82, 2.24) is 15.0 Å². The van der Waals surface area contributed by atoms with E-state index < -0.39 is 0 Å². The fraction of sp³-hybridized carbons (Fsp3) is 0.238. The SMILES string of the molecule is COCc1cnc2c(-c3nc4c(C)cc(OCCN)cc4s3)cc(C#N)cc2n1. The van der Waals surface area contributed by atoms with Gasteiger partial charge in [0.15, 0.2) is 0 Å². The lowest BCUT2D eigenvalue weighted by molar-refractivity contribution is 0.181. The molecule has 0 radical (unpaired) electrons. The number of benzene rings is 2. The highest BCUT2D eigenvalue weighted by atomic mass is 32.1. The Bertz CT molecular complexity index is 1250. The molecular formula is C21H19N5O2S. The average Bonchev–Trinajstić information content (AvgIpc) is 3.16. The van der Waals surface area contributed by atoms with Gasteiger partial charge in [0, 0.05) is 19.2 Å². The highest BCUT2D eigenvalue weighted by molar-refractivity contribution is 7.21. The molecular weight excluding hydrogens is 386 g/mol. The van der Waals surface area contributed by atoms with Crippen LogP contribution in [-0.2, 0) is 11.3 Å². The summed E-state index contributed by atoms with van der Waals surface area (Å²) in [7, 11) is 1.61. The van der Waals surface area contributed by atoms with E-state index in [0.717, 1.165) is 32.1 Å². The number of nitriles is 1. The topological polar surface area (TPSA) is 107 Å². The fourth-order valence-corrected chi connectivity index (χ4v) is 4.24. The first-order chi connectivity index (χ1) is 14.1. The highest BCUT2D eigenvalue weighted by Gasteiger charge is 2.16. The van der Waals surface area contributed by atoms with Gasteiger partial charge in [0.25, 0.3) is 0 Å². The summed E-state index contributed by atoms with van der Waals surface area (Å²) in [5.74, 6) is 0.773. The standard InChI is InChI=1S/C21H19N5O2S/c1-12-5-15(28-4-3-22)8-18-19(12)26-21(29-18)16-6-13(9-23)7-17-20(16)24-10-14(25-17)11-27-2/h5-8,10H,3-4,11,22H2,1-2H3. The van der Waals surface area contributed by atoms with E-state index in [1.807, 2.05) is 25.1 Å². The first-order valence-electron chi connectivity index (χ1n) is 9.06. The number of aryl methyl sites for hydroxylation is 1. The van der Waals surface area contributed by atoms with Gasteiger partial charge in [-0.25, -0.2) is 9.97 Å². The predicted octanol–water partition coefficient (Wildman–Crippen LogP) is 3.57. The smallest absolute Gasteiger partial charge is 0.126 e. The first kappa shape index (κ1) is 19.2. The van der Waals surface area contributed by atoms with Gasteiger partial charge in [-0.3, -0.25) is 4.98 Å². The molecule has 8 heteroatoms. The zero-order valence-corrected chi connectivity index (χ0v) is 16.9. The Hall–Kier alpha value is -3.12. The molecule has 2 aromatic heterocycles. The van der Waals surface area contributed by atoms with Crippen LogP contribution in [0.5, 0.6) is 5.75 Å². The zero-order chi connectivity index (χ0) is 20.4. The lowest BCUT2D eigenvalue weighted by Gasteiger charge is -2.06. The molecule has 2 N–H and O–H groups in total. The van der Waals surface area contributed by atoms with Crippen molar-refractivity contribution in [3.8, 4) is 22.4 Å².